The first-order chi connectivity index (χ1) is 11.9. The molecule has 0 radical (unpaired) electrons. The number of fused-ring (bicyclic) bond motifs is 1. The van der Waals surface area contributed by atoms with Crippen molar-refractivity contribution in [2.45, 2.75) is 33.6 Å². The molecule has 1 saturated heterocycles. The molecule has 2 atom stereocenters. The van der Waals surface area contributed by atoms with Crippen LogP contribution in [0.4, 0.5) is 0 Å². The van der Waals surface area contributed by atoms with Gasteiger partial charge in [0.05, 0.1) is 5.56 Å². The van der Waals surface area contributed by atoms with Crippen molar-refractivity contribution in [2.24, 2.45) is 11.8 Å². The molecule has 0 unspecified atom stereocenters. The summed E-state index contributed by atoms with van der Waals surface area (Å²) < 4.78 is 5.62. The highest BCUT2D eigenvalue weighted by Crippen LogP contribution is 2.28. The lowest BCUT2D eigenvalue weighted by atomic mass is 9.92. The summed E-state index contributed by atoms with van der Waals surface area (Å²) in [7, 11) is 0. The quantitative estimate of drug-likeness (QED) is 0.814. The van der Waals surface area contributed by atoms with Crippen LogP contribution in [0.2, 0.25) is 0 Å². The van der Waals surface area contributed by atoms with Gasteiger partial charge in [0.1, 0.15) is 17.1 Å². The number of carbonyl (C=O) groups excluding carboxylic acids is 1. The van der Waals surface area contributed by atoms with Gasteiger partial charge in [-0.15, -0.1) is 0 Å². The van der Waals surface area contributed by atoms with Gasteiger partial charge in [-0.05, 0) is 56.3 Å². The van der Waals surface area contributed by atoms with Crippen LogP contribution in [0.15, 0.2) is 22.6 Å². The Kier molecular flexibility index (Phi) is 5.33. The monoisotopic (exact) mass is 344 g/mol. The predicted molar refractivity (Wildman–Crippen MR) is 99.0 cm³/mol. The number of amides is 1. The van der Waals surface area contributed by atoms with Crippen molar-refractivity contribution in [2.75, 3.05) is 26.2 Å². The van der Waals surface area contributed by atoms with E-state index >= 15 is 0 Å². The van der Waals surface area contributed by atoms with Gasteiger partial charge in [-0.2, -0.15) is 0 Å². The Balaban J connectivity index is 1.55. The zero-order chi connectivity index (χ0) is 18.0. The molecule has 1 fully saturated rings. The Bertz CT molecular complexity index is 743. The van der Waals surface area contributed by atoms with Crippen LogP contribution in [0.5, 0.6) is 5.75 Å². The second-order valence-corrected chi connectivity index (χ2v) is 7.53. The lowest BCUT2D eigenvalue weighted by Crippen LogP contribution is -2.40. The maximum Gasteiger partial charge on any atom is 0.255 e. The van der Waals surface area contributed by atoms with E-state index in [1.54, 1.807) is 25.1 Å². The zero-order valence-electron chi connectivity index (χ0n) is 15.3. The number of aryl methyl sites for hydroxylation is 1. The van der Waals surface area contributed by atoms with Gasteiger partial charge >= 0.3 is 0 Å². The summed E-state index contributed by atoms with van der Waals surface area (Å²) >= 11 is 0. The number of carbonyl (C=O) groups is 1. The summed E-state index contributed by atoms with van der Waals surface area (Å²) in [5.41, 5.74) is 1.14. The van der Waals surface area contributed by atoms with E-state index in [-0.39, 0.29) is 11.7 Å². The average Bonchev–Trinajstić information content (AvgIpc) is 2.85. The number of phenols is 1. The molecule has 1 aromatic carbocycles. The van der Waals surface area contributed by atoms with E-state index in [0.29, 0.717) is 28.8 Å². The second-order valence-electron chi connectivity index (χ2n) is 7.53. The van der Waals surface area contributed by atoms with Crippen LogP contribution in [-0.4, -0.2) is 42.1 Å². The largest absolute Gasteiger partial charge is 0.508 e. The molecule has 0 aliphatic carbocycles. The molecule has 1 aromatic heterocycles. The van der Waals surface area contributed by atoms with E-state index in [2.05, 4.69) is 24.1 Å². The van der Waals surface area contributed by atoms with Crippen molar-refractivity contribution < 1.29 is 14.3 Å². The number of likely N-dealkylation sites (tertiary alicyclic amines) is 1. The first-order valence-electron chi connectivity index (χ1n) is 9.16. The SMILES string of the molecule is Cc1oc2ccc(O)cc2c1C(=O)NCCCN1C[C@H](C)C[C@@H](C)C1. The first kappa shape index (κ1) is 17.8. The zero-order valence-corrected chi connectivity index (χ0v) is 15.3. The molecule has 2 aromatic rings. The number of nitrogens with one attached hydrogen (secondary N) is 1. The smallest absolute Gasteiger partial charge is 0.255 e. The third-order valence-electron chi connectivity index (χ3n) is 4.96. The van der Waals surface area contributed by atoms with Crippen LogP contribution in [0, 0.1) is 18.8 Å². The molecule has 2 heterocycles. The maximum atomic E-state index is 12.5. The first-order valence-corrected chi connectivity index (χ1v) is 9.16. The molecule has 3 rings (SSSR count). The average molecular weight is 344 g/mol. The molecule has 1 amide bonds. The van der Waals surface area contributed by atoms with Gasteiger partial charge in [0.15, 0.2) is 0 Å². The number of rotatable bonds is 5. The molecule has 25 heavy (non-hydrogen) atoms. The van der Waals surface area contributed by atoms with Gasteiger partial charge in [-0.1, -0.05) is 13.8 Å². The van der Waals surface area contributed by atoms with Crippen LogP contribution in [0.3, 0.4) is 0 Å². The molecule has 0 bridgehead atoms. The normalized spacial score (nSPS) is 21.6. The summed E-state index contributed by atoms with van der Waals surface area (Å²) in [6.45, 7) is 10.4. The van der Waals surface area contributed by atoms with E-state index in [4.69, 9.17) is 4.42 Å². The Labute approximate surface area is 149 Å². The van der Waals surface area contributed by atoms with Gasteiger partial charge in [0.25, 0.3) is 5.91 Å². The molecule has 1 aliphatic heterocycles. The highest BCUT2D eigenvalue weighted by Gasteiger charge is 2.21. The van der Waals surface area contributed by atoms with Crippen LogP contribution >= 0.6 is 0 Å². The van der Waals surface area contributed by atoms with Crippen molar-refractivity contribution in [3.63, 3.8) is 0 Å². The number of furan rings is 1. The summed E-state index contributed by atoms with van der Waals surface area (Å²) in [5.74, 6) is 2.09. The van der Waals surface area contributed by atoms with Crippen LogP contribution < -0.4 is 5.32 Å². The highest BCUT2D eigenvalue weighted by atomic mass is 16.3. The van der Waals surface area contributed by atoms with Crippen LogP contribution in [0.1, 0.15) is 42.8 Å². The van der Waals surface area contributed by atoms with Gasteiger partial charge in [0, 0.05) is 25.0 Å². The molecule has 1 aliphatic rings. The minimum Gasteiger partial charge on any atom is -0.508 e. The van der Waals surface area contributed by atoms with Crippen molar-refractivity contribution in [3.8, 4) is 5.75 Å². The summed E-state index contributed by atoms with van der Waals surface area (Å²) in [5, 5.41) is 13.3. The molecule has 5 heteroatoms. The molecular weight excluding hydrogens is 316 g/mol. The number of phenolic OH excluding ortho intramolecular Hbond substituents is 1. The van der Waals surface area contributed by atoms with Gasteiger partial charge in [-0.25, -0.2) is 0 Å². The summed E-state index contributed by atoms with van der Waals surface area (Å²) in [4.78, 5) is 15.0. The summed E-state index contributed by atoms with van der Waals surface area (Å²) in [6.07, 6.45) is 2.25. The maximum absolute atomic E-state index is 12.5. The lowest BCUT2D eigenvalue weighted by Gasteiger charge is -2.34. The van der Waals surface area contributed by atoms with Crippen LogP contribution in [0.25, 0.3) is 11.0 Å². The number of benzene rings is 1. The molecular formula is C20H28N2O3. The molecule has 5 nitrogen and oxygen atoms in total. The molecule has 2 N–H and O–H groups in total. The Morgan fingerprint density at radius 1 is 1.32 bits per heavy atom. The number of hydrogen-bond donors (Lipinski definition) is 2. The van der Waals surface area contributed by atoms with Gasteiger partial charge < -0.3 is 19.7 Å². The summed E-state index contributed by atoms with van der Waals surface area (Å²) in [6, 6.07) is 4.83. The topological polar surface area (TPSA) is 65.7 Å². The predicted octanol–water partition coefficient (Wildman–Crippen LogP) is 3.54. The Morgan fingerprint density at radius 2 is 2.04 bits per heavy atom. The van der Waals surface area contributed by atoms with E-state index in [9.17, 15) is 9.90 Å². The number of aromatic hydroxyl groups is 1. The van der Waals surface area contributed by atoms with E-state index in [1.165, 1.54) is 6.42 Å². The lowest BCUT2D eigenvalue weighted by molar-refractivity contribution is 0.0947. The minimum atomic E-state index is -0.137. The molecule has 0 saturated carbocycles. The Hall–Kier alpha value is -2.01. The van der Waals surface area contributed by atoms with Crippen LogP contribution in [-0.2, 0) is 0 Å². The van der Waals surface area contributed by atoms with E-state index < -0.39 is 0 Å². The fourth-order valence-corrected chi connectivity index (χ4v) is 4.06. The van der Waals surface area contributed by atoms with Crippen molar-refractivity contribution in [1.82, 2.24) is 10.2 Å². The van der Waals surface area contributed by atoms with Crippen molar-refractivity contribution in [1.29, 1.82) is 0 Å². The minimum absolute atomic E-state index is 0.135. The van der Waals surface area contributed by atoms with E-state index in [0.717, 1.165) is 37.9 Å². The fourth-order valence-electron chi connectivity index (χ4n) is 4.06. The molecule has 0 spiro atoms. The third kappa shape index (κ3) is 4.15. The van der Waals surface area contributed by atoms with Crippen molar-refractivity contribution in [3.05, 3.63) is 29.5 Å². The number of piperidine rings is 1. The number of hydrogen-bond acceptors (Lipinski definition) is 4. The fraction of sp³-hybridized carbons (Fsp3) is 0.550. The second kappa shape index (κ2) is 7.48. The van der Waals surface area contributed by atoms with Gasteiger partial charge in [-0.3, -0.25) is 4.79 Å². The van der Waals surface area contributed by atoms with E-state index in [1.807, 2.05) is 0 Å². The van der Waals surface area contributed by atoms with Gasteiger partial charge in [0.2, 0.25) is 0 Å². The Morgan fingerprint density at radius 3 is 2.76 bits per heavy atom. The number of nitrogens with zero attached hydrogens (tertiary/aromatic N) is 1. The molecule has 136 valence electrons. The third-order valence-corrected chi connectivity index (χ3v) is 4.96. The highest BCUT2D eigenvalue weighted by molar-refractivity contribution is 6.07. The van der Waals surface area contributed by atoms with Crippen molar-refractivity contribution >= 4 is 16.9 Å². The standard InChI is InChI=1S/C20H28N2O3/c1-13-9-14(2)12-22(11-13)8-4-7-21-20(24)19-15(3)25-18-6-5-16(23)10-17(18)19/h5-6,10,13-14,23H,4,7-9,11-12H2,1-3H3,(H,21,24)/t13-,14-/m1/s1.